The Bertz CT molecular complexity index is 327. The van der Waals surface area contributed by atoms with E-state index in [1.54, 1.807) is 0 Å². The van der Waals surface area contributed by atoms with Crippen LogP contribution in [0.1, 0.15) is 13.8 Å². The second-order valence-corrected chi connectivity index (χ2v) is 4.85. The molecule has 0 spiro atoms. The molecule has 1 aromatic heterocycles. The number of rotatable bonds is 4. The van der Waals surface area contributed by atoms with Crippen LogP contribution >= 0.6 is 27.3 Å². The Kier molecular flexibility index (Phi) is 3.88. The molecule has 4 nitrogen and oxygen atoms in total. The maximum Gasteiger partial charge on any atom is 0.326 e. The molecule has 0 aliphatic heterocycles. The van der Waals surface area contributed by atoms with E-state index in [0.717, 1.165) is 4.60 Å². The van der Waals surface area contributed by atoms with Crippen molar-refractivity contribution in [2.75, 3.05) is 5.32 Å². The Morgan fingerprint density at radius 2 is 2.36 bits per heavy atom. The van der Waals surface area contributed by atoms with Gasteiger partial charge >= 0.3 is 5.97 Å². The van der Waals surface area contributed by atoms with E-state index in [1.165, 1.54) is 11.3 Å². The fraction of sp³-hybridized carbons (Fsp3) is 0.500. The summed E-state index contributed by atoms with van der Waals surface area (Å²) in [6.45, 7) is 3.71. The van der Waals surface area contributed by atoms with Gasteiger partial charge in [-0.05, 0) is 21.8 Å². The maximum absolute atomic E-state index is 10.9. The fourth-order valence-electron chi connectivity index (χ4n) is 0.967. The summed E-state index contributed by atoms with van der Waals surface area (Å²) in [7, 11) is 0. The number of nitrogens with one attached hydrogen (secondary N) is 1. The first-order valence-electron chi connectivity index (χ1n) is 4.11. The second kappa shape index (κ2) is 4.75. The molecule has 1 unspecified atom stereocenters. The van der Waals surface area contributed by atoms with Gasteiger partial charge in [-0.3, -0.25) is 0 Å². The van der Waals surface area contributed by atoms with E-state index in [-0.39, 0.29) is 5.92 Å². The van der Waals surface area contributed by atoms with Crippen LogP contribution < -0.4 is 5.32 Å². The van der Waals surface area contributed by atoms with Gasteiger partial charge in [0.15, 0.2) is 5.13 Å². The molecule has 0 saturated heterocycles. The highest BCUT2D eigenvalue weighted by atomic mass is 79.9. The average molecular weight is 279 g/mol. The molecule has 1 rings (SSSR count). The average Bonchev–Trinajstić information content (AvgIpc) is 2.46. The number of anilines is 1. The summed E-state index contributed by atoms with van der Waals surface area (Å²) < 4.78 is 0.720. The lowest BCUT2D eigenvalue weighted by molar-refractivity contribution is -0.138. The molecule has 0 bridgehead atoms. The van der Waals surface area contributed by atoms with Crippen LogP contribution in [0.15, 0.2) is 9.98 Å². The van der Waals surface area contributed by atoms with Crippen molar-refractivity contribution < 1.29 is 9.90 Å². The number of carbonyl (C=O) groups is 1. The molecule has 14 heavy (non-hydrogen) atoms. The molecule has 0 aliphatic rings. The summed E-state index contributed by atoms with van der Waals surface area (Å²) >= 11 is 4.59. The molecule has 0 amide bonds. The number of hydrogen-bond acceptors (Lipinski definition) is 4. The van der Waals surface area contributed by atoms with Crippen molar-refractivity contribution in [3.63, 3.8) is 0 Å². The highest BCUT2D eigenvalue weighted by Crippen LogP contribution is 2.21. The summed E-state index contributed by atoms with van der Waals surface area (Å²) in [5.74, 6) is -0.832. The van der Waals surface area contributed by atoms with Crippen LogP contribution in [0.5, 0.6) is 0 Å². The Labute approximate surface area is 94.5 Å². The lowest BCUT2D eigenvalue weighted by Crippen LogP contribution is -2.34. The van der Waals surface area contributed by atoms with Crippen LogP contribution in [0, 0.1) is 5.92 Å². The fourth-order valence-corrected chi connectivity index (χ4v) is 2.15. The third-order valence-electron chi connectivity index (χ3n) is 1.69. The summed E-state index contributed by atoms with van der Waals surface area (Å²) in [4.78, 5) is 14.9. The van der Waals surface area contributed by atoms with Crippen LogP contribution in [0.25, 0.3) is 0 Å². The van der Waals surface area contributed by atoms with Gasteiger partial charge < -0.3 is 10.4 Å². The molecule has 1 aromatic rings. The normalized spacial score (nSPS) is 12.9. The van der Waals surface area contributed by atoms with E-state index >= 15 is 0 Å². The predicted molar refractivity (Wildman–Crippen MR) is 59.7 cm³/mol. The molecule has 1 heterocycles. The van der Waals surface area contributed by atoms with Gasteiger partial charge in [-0.15, -0.1) is 11.3 Å². The van der Waals surface area contributed by atoms with Crippen molar-refractivity contribution in [3.8, 4) is 0 Å². The molecular weight excluding hydrogens is 268 g/mol. The third kappa shape index (κ3) is 2.95. The maximum atomic E-state index is 10.9. The van der Waals surface area contributed by atoms with Gasteiger partial charge in [0, 0.05) is 5.38 Å². The minimum absolute atomic E-state index is 0.0233. The molecule has 0 fully saturated rings. The lowest BCUT2D eigenvalue weighted by atomic mass is 10.1. The van der Waals surface area contributed by atoms with E-state index in [2.05, 4.69) is 26.2 Å². The smallest absolute Gasteiger partial charge is 0.326 e. The summed E-state index contributed by atoms with van der Waals surface area (Å²) in [5, 5.41) is 14.2. The third-order valence-corrected chi connectivity index (χ3v) is 3.17. The Morgan fingerprint density at radius 1 is 1.71 bits per heavy atom. The molecule has 0 saturated carbocycles. The monoisotopic (exact) mass is 278 g/mol. The van der Waals surface area contributed by atoms with Gasteiger partial charge in [0.05, 0.1) is 0 Å². The number of halogens is 1. The highest BCUT2D eigenvalue weighted by Gasteiger charge is 2.21. The molecule has 0 aromatic carbocycles. The second-order valence-electron chi connectivity index (χ2n) is 3.18. The lowest BCUT2D eigenvalue weighted by Gasteiger charge is -2.16. The van der Waals surface area contributed by atoms with Gasteiger partial charge in [0.2, 0.25) is 0 Å². The Hall–Kier alpha value is -0.620. The van der Waals surface area contributed by atoms with Crippen LogP contribution in [-0.4, -0.2) is 22.1 Å². The minimum Gasteiger partial charge on any atom is -0.480 e. The topological polar surface area (TPSA) is 62.2 Å². The molecule has 1 atom stereocenters. The molecule has 0 radical (unpaired) electrons. The highest BCUT2D eigenvalue weighted by molar-refractivity contribution is 9.10. The summed E-state index contributed by atoms with van der Waals surface area (Å²) in [6.07, 6.45) is 0. The number of hydrogen-bond donors (Lipinski definition) is 2. The number of aromatic nitrogens is 1. The summed E-state index contributed by atoms with van der Waals surface area (Å²) in [6, 6.07) is -0.590. The van der Waals surface area contributed by atoms with Gasteiger partial charge in [0.25, 0.3) is 0 Å². The first-order chi connectivity index (χ1) is 6.50. The Morgan fingerprint density at radius 3 is 2.71 bits per heavy atom. The zero-order valence-corrected chi connectivity index (χ0v) is 10.2. The van der Waals surface area contributed by atoms with Crippen molar-refractivity contribution >= 4 is 38.4 Å². The molecule has 2 N–H and O–H groups in total. The number of aliphatic carboxylic acids is 1. The zero-order valence-electron chi connectivity index (χ0n) is 7.82. The van der Waals surface area contributed by atoms with Crippen molar-refractivity contribution in [2.45, 2.75) is 19.9 Å². The van der Waals surface area contributed by atoms with E-state index in [0.29, 0.717) is 5.13 Å². The zero-order chi connectivity index (χ0) is 10.7. The van der Waals surface area contributed by atoms with Crippen LogP contribution in [0.3, 0.4) is 0 Å². The van der Waals surface area contributed by atoms with Gasteiger partial charge in [-0.25, -0.2) is 9.78 Å². The van der Waals surface area contributed by atoms with E-state index in [4.69, 9.17) is 5.11 Å². The van der Waals surface area contributed by atoms with Crippen LogP contribution in [-0.2, 0) is 4.79 Å². The standard InChI is InChI=1S/C8H11BrN2O2S/c1-4(2)6(7(12)13)11-8-10-5(9)3-14-8/h3-4,6H,1-2H3,(H,10,11)(H,12,13). The van der Waals surface area contributed by atoms with Crippen LogP contribution in [0.2, 0.25) is 0 Å². The number of nitrogens with zero attached hydrogens (tertiary/aromatic N) is 1. The van der Waals surface area contributed by atoms with Crippen molar-refractivity contribution in [2.24, 2.45) is 5.92 Å². The van der Waals surface area contributed by atoms with Crippen LogP contribution in [0.4, 0.5) is 5.13 Å². The van der Waals surface area contributed by atoms with Gasteiger partial charge in [0.1, 0.15) is 10.6 Å². The molecule has 0 aliphatic carbocycles. The van der Waals surface area contributed by atoms with Gasteiger partial charge in [-0.2, -0.15) is 0 Å². The van der Waals surface area contributed by atoms with E-state index in [1.807, 2.05) is 19.2 Å². The van der Waals surface area contributed by atoms with Crippen molar-refractivity contribution in [1.29, 1.82) is 0 Å². The molecular formula is C8H11BrN2O2S. The van der Waals surface area contributed by atoms with Crippen molar-refractivity contribution in [1.82, 2.24) is 4.98 Å². The minimum atomic E-state index is -0.855. The van der Waals surface area contributed by atoms with E-state index in [9.17, 15) is 4.79 Å². The first-order valence-corrected chi connectivity index (χ1v) is 5.78. The quantitative estimate of drug-likeness (QED) is 0.888. The predicted octanol–water partition coefficient (Wildman–Crippen LogP) is 2.43. The number of thiazole rings is 1. The largest absolute Gasteiger partial charge is 0.480 e. The summed E-state index contributed by atoms with van der Waals surface area (Å²) in [5.41, 5.74) is 0. The number of carboxylic acids is 1. The molecule has 78 valence electrons. The SMILES string of the molecule is CC(C)C(Nc1nc(Br)cs1)C(=O)O. The van der Waals surface area contributed by atoms with Gasteiger partial charge in [-0.1, -0.05) is 13.8 Å². The Balaban J connectivity index is 2.69. The van der Waals surface area contributed by atoms with Crippen molar-refractivity contribution in [3.05, 3.63) is 9.98 Å². The van der Waals surface area contributed by atoms with E-state index < -0.39 is 12.0 Å². The number of carboxylic acid groups (broad SMARTS) is 1. The molecule has 6 heteroatoms. The first kappa shape index (κ1) is 11.5.